The van der Waals surface area contributed by atoms with E-state index in [1.54, 1.807) is 0 Å². The molecule has 0 bridgehead atoms. The minimum absolute atomic E-state index is 0.0214. The van der Waals surface area contributed by atoms with Gasteiger partial charge in [0, 0.05) is 12.7 Å². The number of nitrogens with one attached hydrogen (secondary N) is 1. The summed E-state index contributed by atoms with van der Waals surface area (Å²) in [6.07, 6.45) is 1.45. The Bertz CT molecular complexity index is 512. The minimum Gasteiger partial charge on any atom is -0.388 e. The number of nitrogens with zero attached hydrogens (tertiary/aromatic N) is 1. The summed E-state index contributed by atoms with van der Waals surface area (Å²) in [5, 5.41) is 0. The average molecular weight is 273 g/mol. The lowest BCUT2D eigenvalue weighted by Crippen LogP contribution is -2.30. The lowest BCUT2D eigenvalue weighted by molar-refractivity contribution is 0.559. The van der Waals surface area contributed by atoms with Crippen molar-refractivity contribution in [3.63, 3.8) is 0 Å². The van der Waals surface area contributed by atoms with E-state index in [2.05, 4.69) is 9.71 Å². The van der Waals surface area contributed by atoms with Gasteiger partial charge in [0.2, 0.25) is 10.0 Å². The van der Waals surface area contributed by atoms with Crippen molar-refractivity contribution in [2.45, 2.75) is 18.7 Å². The number of sulfonamides is 1. The van der Waals surface area contributed by atoms with Crippen molar-refractivity contribution in [2.24, 2.45) is 11.7 Å². The molecule has 0 saturated carbocycles. The van der Waals surface area contributed by atoms with E-state index < -0.39 is 10.0 Å². The van der Waals surface area contributed by atoms with E-state index in [4.69, 9.17) is 18.0 Å². The van der Waals surface area contributed by atoms with Gasteiger partial charge in [0.15, 0.2) is 0 Å². The predicted molar refractivity (Wildman–Crippen MR) is 70.2 cm³/mol. The van der Waals surface area contributed by atoms with E-state index in [1.807, 2.05) is 13.8 Å². The first-order valence-electron chi connectivity index (χ1n) is 5.09. The summed E-state index contributed by atoms with van der Waals surface area (Å²) < 4.78 is 26.5. The van der Waals surface area contributed by atoms with Gasteiger partial charge in [-0.3, -0.25) is 4.98 Å². The predicted octanol–water partition coefficient (Wildman–Crippen LogP) is 0.650. The first kappa shape index (κ1) is 14.0. The van der Waals surface area contributed by atoms with Crippen molar-refractivity contribution in [2.75, 3.05) is 6.54 Å². The van der Waals surface area contributed by atoms with Gasteiger partial charge in [-0.1, -0.05) is 26.1 Å². The molecule has 17 heavy (non-hydrogen) atoms. The molecule has 0 aliphatic rings. The first-order chi connectivity index (χ1) is 7.84. The van der Waals surface area contributed by atoms with Crippen LogP contribution in [0.15, 0.2) is 23.2 Å². The van der Waals surface area contributed by atoms with Crippen molar-refractivity contribution in [3.8, 4) is 0 Å². The Hall–Kier alpha value is -1.05. The van der Waals surface area contributed by atoms with Crippen LogP contribution in [0.2, 0.25) is 0 Å². The largest absolute Gasteiger partial charge is 0.388 e. The molecule has 0 fully saturated rings. The lowest BCUT2D eigenvalue weighted by Gasteiger charge is -2.11. The fourth-order valence-corrected chi connectivity index (χ4v) is 2.76. The molecule has 0 atom stereocenters. The molecule has 3 N–H and O–H groups in total. The van der Waals surface area contributed by atoms with Crippen LogP contribution in [0.1, 0.15) is 19.5 Å². The van der Waals surface area contributed by atoms with Crippen LogP contribution in [0, 0.1) is 5.92 Å². The summed E-state index contributed by atoms with van der Waals surface area (Å²) in [4.78, 5) is 3.88. The van der Waals surface area contributed by atoms with Crippen LogP contribution in [-0.4, -0.2) is 24.9 Å². The van der Waals surface area contributed by atoms with Gasteiger partial charge in [-0.2, -0.15) is 0 Å². The molecule has 0 amide bonds. The molecule has 0 unspecified atom stereocenters. The monoisotopic (exact) mass is 273 g/mol. The smallest absolute Gasteiger partial charge is 0.242 e. The number of hydrogen-bond acceptors (Lipinski definition) is 4. The zero-order chi connectivity index (χ0) is 13.1. The maximum atomic E-state index is 12.0. The van der Waals surface area contributed by atoms with E-state index in [1.165, 1.54) is 18.3 Å². The summed E-state index contributed by atoms with van der Waals surface area (Å²) in [5.74, 6) is 0.217. The van der Waals surface area contributed by atoms with Gasteiger partial charge >= 0.3 is 0 Å². The minimum atomic E-state index is -3.61. The number of rotatable bonds is 5. The van der Waals surface area contributed by atoms with Gasteiger partial charge in [0.05, 0.1) is 0 Å². The van der Waals surface area contributed by atoms with E-state index in [0.29, 0.717) is 6.54 Å². The number of nitrogens with two attached hydrogens (primary N) is 1. The van der Waals surface area contributed by atoms with Crippen LogP contribution >= 0.6 is 12.2 Å². The van der Waals surface area contributed by atoms with Gasteiger partial charge in [-0.15, -0.1) is 0 Å². The Morgan fingerprint density at radius 1 is 1.59 bits per heavy atom. The molecule has 0 spiro atoms. The normalized spacial score (nSPS) is 11.7. The standard InChI is InChI=1S/C10H15N3O2S2/c1-7(2)6-13-17(14,15)8-4-3-5-12-9(8)10(11)16/h3-5,7,13H,6H2,1-2H3,(H2,11,16). The summed E-state index contributed by atoms with van der Waals surface area (Å²) in [7, 11) is -3.61. The molecule has 7 heteroatoms. The molecule has 1 aromatic rings. The topological polar surface area (TPSA) is 85.1 Å². The number of thiocarbonyl (C=S) groups is 1. The number of hydrogen-bond donors (Lipinski definition) is 2. The second-order valence-corrected chi connectivity index (χ2v) is 6.14. The van der Waals surface area contributed by atoms with Gasteiger partial charge < -0.3 is 5.73 Å². The van der Waals surface area contributed by atoms with E-state index in [9.17, 15) is 8.42 Å². The summed E-state index contributed by atoms with van der Waals surface area (Å²) in [6, 6.07) is 2.97. The Balaban J connectivity index is 3.11. The number of pyridine rings is 1. The van der Waals surface area contributed by atoms with Gasteiger partial charge in [0.25, 0.3) is 0 Å². The maximum absolute atomic E-state index is 12.0. The van der Waals surface area contributed by atoms with Crippen molar-refractivity contribution in [3.05, 3.63) is 24.0 Å². The van der Waals surface area contributed by atoms with Crippen LogP contribution < -0.4 is 10.5 Å². The zero-order valence-electron chi connectivity index (χ0n) is 9.67. The number of aromatic nitrogens is 1. The molecule has 94 valence electrons. The third-order valence-electron chi connectivity index (χ3n) is 1.98. The Kier molecular flexibility index (Phi) is 4.55. The average Bonchev–Trinajstić information content (AvgIpc) is 2.26. The lowest BCUT2D eigenvalue weighted by atomic mass is 10.2. The molecule has 1 heterocycles. The molecule has 0 aliphatic carbocycles. The molecule has 0 radical (unpaired) electrons. The van der Waals surface area contributed by atoms with Crippen molar-refractivity contribution >= 4 is 27.2 Å². The van der Waals surface area contributed by atoms with Crippen LogP contribution in [-0.2, 0) is 10.0 Å². The molecule has 0 saturated heterocycles. The second kappa shape index (κ2) is 5.52. The first-order valence-corrected chi connectivity index (χ1v) is 6.98. The van der Waals surface area contributed by atoms with Gasteiger partial charge in [-0.25, -0.2) is 13.1 Å². The van der Waals surface area contributed by atoms with Gasteiger partial charge in [-0.05, 0) is 18.1 Å². The highest BCUT2D eigenvalue weighted by Crippen LogP contribution is 2.12. The van der Waals surface area contributed by atoms with Crippen LogP contribution in [0.3, 0.4) is 0 Å². The van der Waals surface area contributed by atoms with Crippen LogP contribution in [0.4, 0.5) is 0 Å². The maximum Gasteiger partial charge on any atom is 0.242 e. The van der Waals surface area contributed by atoms with Gasteiger partial charge in [0.1, 0.15) is 15.6 Å². The fraction of sp³-hybridized carbons (Fsp3) is 0.400. The highest BCUT2D eigenvalue weighted by Gasteiger charge is 2.20. The second-order valence-electron chi connectivity index (χ2n) is 3.96. The fourth-order valence-electron chi connectivity index (χ4n) is 1.15. The zero-order valence-corrected chi connectivity index (χ0v) is 11.3. The van der Waals surface area contributed by atoms with Crippen molar-refractivity contribution < 1.29 is 8.42 Å². The molecule has 0 aromatic carbocycles. The Morgan fingerprint density at radius 3 is 2.76 bits per heavy atom. The van der Waals surface area contributed by atoms with E-state index in [-0.39, 0.29) is 21.5 Å². The Labute approximate surface area is 106 Å². The SMILES string of the molecule is CC(C)CNS(=O)(=O)c1cccnc1C(N)=S. The van der Waals surface area contributed by atoms with E-state index >= 15 is 0 Å². The summed E-state index contributed by atoms with van der Waals surface area (Å²) >= 11 is 4.78. The quantitative estimate of drug-likeness (QED) is 0.769. The molecule has 5 nitrogen and oxygen atoms in total. The molecule has 0 aliphatic heterocycles. The molecular formula is C10H15N3O2S2. The van der Waals surface area contributed by atoms with Crippen molar-refractivity contribution in [1.29, 1.82) is 0 Å². The highest BCUT2D eigenvalue weighted by atomic mass is 32.2. The van der Waals surface area contributed by atoms with Crippen LogP contribution in [0.5, 0.6) is 0 Å². The Morgan fingerprint density at radius 2 is 2.24 bits per heavy atom. The highest BCUT2D eigenvalue weighted by molar-refractivity contribution is 7.89. The summed E-state index contributed by atoms with van der Waals surface area (Å²) in [6.45, 7) is 4.19. The van der Waals surface area contributed by atoms with Crippen molar-refractivity contribution in [1.82, 2.24) is 9.71 Å². The molecular weight excluding hydrogens is 258 g/mol. The third-order valence-corrected chi connectivity index (χ3v) is 3.62. The molecule has 1 aromatic heterocycles. The summed E-state index contributed by atoms with van der Waals surface area (Å²) in [5.41, 5.74) is 5.57. The van der Waals surface area contributed by atoms with E-state index in [0.717, 1.165) is 0 Å². The van der Waals surface area contributed by atoms with Crippen LogP contribution in [0.25, 0.3) is 0 Å². The molecule has 1 rings (SSSR count). The third kappa shape index (κ3) is 3.72.